The molecule has 1 aliphatic rings. The van der Waals surface area contributed by atoms with Gasteiger partial charge in [0.25, 0.3) is 0 Å². The maximum absolute atomic E-state index is 12.9. The fourth-order valence-corrected chi connectivity index (χ4v) is 3.58. The number of aryl methyl sites for hydroxylation is 1. The Labute approximate surface area is 169 Å². The summed E-state index contributed by atoms with van der Waals surface area (Å²) in [5.41, 5.74) is 0.970. The number of nitroso groups, excluding NO2 is 1. The molecule has 3 atom stereocenters. The van der Waals surface area contributed by atoms with Crippen LogP contribution in [0.4, 0.5) is 0 Å². The fourth-order valence-electron chi connectivity index (χ4n) is 3.58. The van der Waals surface area contributed by atoms with Crippen LogP contribution in [-0.4, -0.2) is 64.1 Å². The Morgan fingerprint density at radius 2 is 2.00 bits per heavy atom. The molecule has 1 amide bonds. The second-order valence-electron chi connectivity index (χ2n) is 6.96. The topological polar surface area (TPSA) is 117 Å². The van der Waals surface area contributed by atoms with Crippen molar-refractivity contribution in [2.24, 2.45) is 5.29 Å². The number of carboxylic acids is 1. The molecule has 1 aromatic rings. The van der Waals surface area contributed by atoms with Crippen LogP contribution >= 0.6 is 0 Å². The van der Waals surface area contributed by atoms with Crippen molar-refractivity contribution in [3.8, 4) is 0 Å². The lowest BCUT2D eigenvalue weighted by molar-refractivity contribution is -0.156. The molecule has 1 aromatic carbocycles. The number of carbonyl (C=O) groups excluding carboxylic acids is 2. The van der Waals surface area contributed by atoms with Gasteiger partial charge in [0.2, 0.25) is 5.91 Å². The molecule has 29 heavy (non-hydrogen) atoms. The van der Waals surface area contributed by atoms with Crippen LogP contribution in [-0.2, 0) is 25.5 Å². The molecular formula is C20H27N3O6. The lowest BCUT2D eigenvalue weighted by Crippen LogP contribution is -2.53. The van der Waals surface area contributed by atoms with Gasteiger partial charge in [-0.15, -0.1) is 4.91 Å². The van der Waals surface area contributed by atoms with E-state index in [0.717, 1.165) is 10.6 Å². The largest absolute Gasteiger partial charge is 0.480 e. The summed E-state index contributed by atoms with van der Waals surface area (Å²) in [5.74, 6) is -2.26. The third-order valence-electron chi connectivity index (χ3n) is 5.10. The number of ether oxygens (including phenoxy) is 1. The number of amides is 1. The van der Waals surface area contributed by atoms with Crippen LogP contribution in [0.2, 0.25) is 0 Å². The van der Waals surface area contributed by atoms with Crippen molar-refractivity contribution in [1.82, 2.24) is 9.91 Å². The Kier molecular flexibility index (Phi) is 8.11. The number of nitrogens with zero attached hydrogens (tertiary/aromatic N) is 3. The van der Waals surface area contributed by atoms with E-state index in [4.69, 9.17) is 4.74 Å². The van der Waals surface area contributed by atoms with Crippen molar-refractivity contribution in [2.45, 2.75) is 57.7 Å². The summed E-state index contributed by atoms with van der Waals surface area (Å²) >= 11 is 0. The molecule has 0 radical (unpaired) electrons. The third kappa shape index (κ3) is 5.52. The number of hydrogen-bond acceptors (Lipinski definition) is 6. The Balaban J connectivity index is 2.18. The first-order valence-corrected chi connectivity index (χ1v) is 9.76. The normalized spacial score (nSPS) is 18.0. The van der Waals surface area contributed by atoms with Gasteiger partial charge in [-0.05, 0) is 45.1 Å². The Bertz CT molecular complexity index is 726. The summed E-state index contributed by atoms with van der Waals surface area (Å²) in [6, 6.07) is 6.36. The predicted octanol–water partition coefficient (Wildman–Crippen LogP) is 2.00. The standard InChI is InChI=1S/C20H27N3O6/c1-3-29-20(27)17(12-11-15-8-5-4-6-9-15)23(21-28)14(2)18(24)22-13-7-10-16(22)19(25)26/h4-6,8-9,14,16-17H,3,7,10-13H2,1-2H3,(H,25,26)/t14-,16-,17-/m0/s1. The number of likely N-dealkylation sites (tertiary alicyclic amines) is 1. The van der Waals surface area contributed by atoms with Crippen LogP contribution in [0.3, 0.4) is 0 Å². The molecule has 1 aliphatic heterocycles. The van der Waals surface area contributed by atoms with E-state index in [1.54, 1.807) is 6.92 Å². The molecule has 2 rings (SSSR count). The minimum Gasteiger partial charge on any atom is -0.480 e. The van der Waals surface area contributed by atoms with Gasteiger partial charge in [-0.1, -0.05) is 30.3 Å². The van der Waals surface area contributed by atoms with E-state index >= 15 is 0 Å². The fraction of sp³-hybridized carbons (Fsp3) is 0.550. The highest BCUT2D eigenvalue weighted by Gasteiger charge is 2.41. The van der Waals surface area contributed by atoms with Gasteiger partial charge in [0, 0.05) is 6.54 Å². The van der Waals surface area contributed by atoms with E-state index in [1.807, 2.05) is 30.3 Å². The Hall–Kier alpha value is -2.97. The van der Waals surface area contributed by atoms with E-state index in [1.165, 1.54) is 11.8 Å². The lowest BCUT2D eigenvalue weighted by atomic mass is 10.0. The second kappa shape index (κ2) is 10.5. The molecule has 0 saturated carbocycles. The van der Waals surface area contributed by atoms with E-state index in [0.29, 0.717) is 25.8 Å². The molecular weight excluding hydrogens is 378 g/mol. The summed E-state index contributed by atoms with van der Waals surface area (Å²) in [6.45, 7) is 3.53. The first-order chi connectivity index (χ1) is 13.9. The maximum Gasteiger partial charge on any atom is 0.330 e. The van der Waals surface area contributed by atoms with Crippen molar-refractivity contribution < 1.29 is 24.2 Å². The first-order valence-electron chi connectivity index (χ1n) is 9.76. The highest BCUT2D eigenvalue weighted by molar-refractivity contribution is 5.88. The van der Waals surface area contributed by atoms with Crippen molar-refractivity contribution in [2.75, 3.05) is 13.2 Å². The van der Waals surface area contributed by atoms with Crippen LogP contribution < -0.4 is 0 Å². The molecule has 1 fully saturated rings. The summed E-state index contributed by atoms with van der Waals surface area (Å²) in [5, 5.41) is 13.2. The number of aliphatic carboxylic acids is 1. The average Bonchev–Trinajstić information content (AvgIpc) is 3.21. The van der Waals surface area contributed by atoms with Crippen molar-refractivity contribution in [1.29, 1.82) is 0 Å². The maximum atomic E-state index is 12.9. The molecule has 0 spiro atoms. The summed E-state index contributed by atoms with van der Waals surface area (Å²) in [7, 11) is 0. The smallest absolute Gasteiger partial charge is 0.330 e. The summed E-state index contributed by atoms with van der Waals surface area (Å²) < 4.78 is 5.09. The van der Waals surface area contributed by atoms with Crippen LogP contribution in [0.5, 0.6) is 0 Å². The molecule has 0 aliphatic carbocycles. The molecule has 158 valence electrons. The van der Waals surface area contributed by atoms with E-state index in [2.05, 4.69) is 5.29 Å². The third-order valence-corrected chi connectivity index (χ3v) is 5.10. The molecule has 0 unspecified atom stereocenters. The van der Waals surface area contributed by atoms with Crippen molar-refractivity contribution in [3.05, 3.63) is 40.8 Å². The predicted molar refractivity (Wildman–Crippen MR) is 105 cm³/mol. The van der Waals surface area contributed by atoms with Crippen LogP contribution in [0.15, 0.2) is 35.6 Å². The number of carbonyl (C=O) groups is 3. The average molecular weight is 405 g/mol. The Morgan fingerprint density at radius 1 is 1.31 bits per heavy atom. The number of esters is 1. The van der Waals surface area contributed by atoms with Gasteiger partial charge >= 0.3 is 11.9 Å². The van der Waals surface area contributed by atoms with Crippen molar-refractivity contribution >= 4 is 17.8 Å². The molecule has 1 N–H and O–H groups in total. The number of rotatable bonds is 10. The minimum atomic E-state index is -1.09. The zero-order valence-electron chi connectivity index (χ0n) is 16.7. The summed E-state index contributed by atoms with van der Waals surface area (Å²) in [6.07, 6.45) is 1.64. The van der Waals surface area contributed by atoms with Gasteiger partial charge < -0.3 is 14.7 Å². The van der Waals surface area contributed by atoms with Gasteiger partial charge in [-0.25, -0.2) is 14.6 Å². The number of carboxylic acid groups (broad SMARTS) is 1. The van der Waals surface area contributed by atoms with Gasteiger partial charge in [0.15, 0.2) is 0 Å². The Morgan fingerprint density at radius 3 is 2.59 bits per heavy atom. The lowest BCUT2D eigenvalue weighted by Gasteiger charge is -2.32. The molecule has 9 heteroatoms. The van der Waals surface area contributed by atoms with Crippen LogP contribution in [0.25, 0.3) is 0 Å². The first kappa shape index (κ1) is 22.3. The molecule has 0 bridgehead atoms. The molecule has 9 nitrogen and oxygen atoms in total. The molecule has 0 aromatic heterocycles. The van der Waals surface area contributed by atoms with E-state index in [9.17, 15) is 24.4 Å². The highest BCUT2D eigenvalue weighted by atomic mass is 16.5. The van der Waals surface area contributed by atoms with E-state index in [-0.39, 0.29) is 13.0 Å². The molecule has 1 heterocycles. The second-order valence-corrected chi connectivity index (χ2v) is 6.96. The SMILES string of the molecule is CCOC(=O)[C@H](CCc1ccccc1)N(N=O)[C@@H](C)C(=O)N1CCC[C@H]1C(=O)O. The van der Waals surface area contributed by atoms with Gasteiger partial charge in [-0.2, -0.15) is 0 Å². The highest BCUT2D eigenvalue weighted by Crippen LogP contribution is 2.22. The van der Waals surface area contributed by atoms with Gasteiger partial charge in [0.05, 0.1) is 11.9 Å². The van der Waals surface area contributed by atoms with Crippen molar-refractivity contribution in [3.63, 3.8) is 0 Å². The molecule has 1 saturated heterocycles. The zero-order valence-corrected chi connectivity index (χ0v) is 16.7. The van der Waals surface area contributed by atoms with Gasteiger partial charge in [0.1, 0.15) is 18.1 Å². The van der Waals surface area contributed by atoms with E-state index < -0.39 is 36.0 Å². The minimum absolute atomic E-state index is 0.128. The van der Waals surface area contributed by atoms with Gasteiger partial charge in [-0.3, -0.25) is 4.79 Å². The zero-order chi connectivity index (χ0) is 21.4. The quantitative estimate of drug-likeness (QED) is 0.359. The monoisotopic (exact) mass is 405 g/mol. The van der Waals surface area contributed by atoms with Crippen LogP contribution in [0.1, 0.15) is 38.7 Å². The number of benzene rings is 1. The van der Waals surface area contributed by atoms with Crippen LogP contribution in [0, 0.1) is 4.91 Å². The number of hydrogen-bond donors (Lipinski definition) is 1. The summed E-state index contributed by atoms with van der Waals surface area (Å²) in [4.78, 5) is 49.7.